The molecule has 0 aliphatic rings. The van der Waals surface area contributed by atoms with Crippen LogP contribution in [0, 0.1) is 11.6 Å². The highest BCUT2D eigenvalue weighted by Gasteiger charge is 2.06. The minimum atomic E-state index is -0.620. The first-order valence-corrected chi connectivity index (χ1v) is 3.78. The Morgan fingerprint density at radius 3 is 2.09 bits per heavy atom. The average Bonchev–Trinajstić information content (AvgIpc) is 1.99. The van der Waals surface area contributed by atoms with E-state index in [1.165, 1.54) is 12.1 Å². The molecular formula is C7H6BrF2N. The second-order valence-corrected chi connectivity index (χ2v) is 2.87. The molecule has 0 bridgehead atoms. The van der Waals surface area contributed by atoms with Crippen LogP contribution in [0.25, 0.3) is 0 Å². The lowest BCUT2D eigenvalue weighted by atomic mass is 10.2. The normalized spacial score (nSPS) is 10.2. The van der Waals surface area contributed by atoms with Gasteiger partial charge in [-0.15, -0.1) is 0 Å². The third-order valence-corrected chi connectivity index (χ3v) is 2.04. The number of hydrogen-bond acceptors (Lipinski definition) is 1. The molecule has 0 atom stereocenters. The molecule has 1 aromatic rings. The summed E-state index contributed by atoms with van der Waals surface area (Å²) < 4.78 is 25.2. The number of benzene rings is 1. The summed E-state index contributed by atoms with van der Waals surface area (Å²) in [6.07, 6.45) is 0. The smallest absolute Gasteiger partial charge is 0.140 e. The van der Waals surface area contributed by atoms with Crippen LogP contribution < -0.4 is 5.73 Å². The minimum absolute atomic E-state index is 0.140. The second-order valence-electron chi connectivity index (χ2n) is 2.08. The van der Waals surface area contributed by atoms with Gasteiger partial charge in [0.15, 0.2) is 0 Å². The molecule has 11 heavy (non-hydrogen) atoms. The van der Waals surface area contributed by atoms with Crippen molar-refractivity contribution in [3.8, 4) is 0 Å². The highest BCUT2D eigenvalue weighted by Crippen LogP contribution is 2.20. The lowest BCUT2D eigenvalue weighted by molar-refractivity contribution is 0.568. The molecule has 0 amide bonds. The highest BCUT2D eigenvalue weighted by atomic mass is 79.9. The van der Waals surface area contributed by atoms with Crippen molar-refractivity contribution < 1.29 is 8.78 Å². The van der Waals surface area contributed by atoms with Gasteiger partial charge in [0.05, 0.1) is 4.47 Å². The van der Waals surface area contributed by atoms with E-state index in [2.05, 4.69) is 15.9 Å². The zero-order chi connectivity index (χ0) is 8.43. The number of nitrogens with two attached hydrogens (primary N) is 1. The van der Waals surface area contributed by atoms with Crippen molar-refractivity contribution in [2.75, 3.05) is 0 Å². The SMILES string of the molecule is NCc1cc(F)c(Br)c(F)c1. The Kier molecular flexibility index (Phi) is 2.57. The molecule has 0 aliphatic carbocycles. The molecule has 1 nitrogen and oxygen atoms in total. The van der Waals surface area contributed by atoms with Crippen molar-refractivity contribution in [1.82, 2.24) is 0 Å². The van der Waals surface area contributed by atoms with Gasteiger partial charge in [-0.2, -0.15) is 0 Å². The molecule has 1 rings (SSSR count). The molecule has 0 unspecified atom stereocenters. The van der Waals surface area contributed by atoms with E-state index in [0.717, 1.165) is 0 Å². The van der Waals surface area contributed by atoms with Gasteiger partial charge >= 0.3 is 0 Å². The van der Waals surface area contributed by atoms with Crippen molar-refractivity contribution in [2.45, 2.75) is 6.54 Å². The Morgan fingerprint density at radius 1 is 1.27 bits per heavy atom. The van der Waals surface area contributed by atoms with Gasteiger partial charge in [-0.3, -0.25) is 0 Å². The van der Waals surface area contributed by atoms with Crippen molar-refractivity contribution >= 4 is 15.9 Å². The molecule has 0 saturated carbocycles. The highest BCUT2D eigenvalue weighted by molar-refractivity contribution is 9.10. The Labute approximate surface area is 71.3 Å². The first-order valence-electron chi connectivity index (χ1n) is 2.98. The van der Waals surface area contributed by atoms with Gasteiger partial charge in [0.2, 0.25) is 0 Å². The monoisotopic (exact) mass is 221 g/mol. The molecular weight excluding hydrogens is 216 g/mol. The van der Waals surface area contributed by atoms with E-state index < -0.39 is 11.6 Å². The molecule has 0 aliphatic heterocycles. The molecule has 0 heterocycles. The van der Waals surface area contributed by atoms with Crippen molar-refractivity contribution in [2.24, 2.45) is 5.73 Å². The molecule has 0 radical (unpaired) electrons. The van der Waals surface area contributed by atoms with Crippen LogP contribution in [0.2, 0.25) is 0 Å². The average molecular weight is 222 g/mol. The van der Waals surface area contributed by atoms with Crippen molar-refractivity contribution in [3.63, 3.8) is 0 Å². The summed E-state index contributed by atoms with van der Waals surface area (Å²) in [5.74, 6) is -1.24. The topological polar surface area (TPSA) is 26.0 Å². The summed E-state index contributed by atoms with van der Waals surface area (Å²) in [5.41, 5.74) is 5.64. The van der Waals surface area contributed by atoms with Crippen LogP contribution in [0.4, 0.5) is 8.78 Å². The van der Waals surface area contributed by atoms with E-state index in [1.54, 1.807) is 0 Å². The summed E-state index contributed by atoms with van der Waals surface area (Å²) in [6.45, 7) is 0.140. The van der Waals surface area contributed by atoms with E-state index in [1.807, 2.05) is 0 Å². The Bertz CT molecular complexity index is 252. The van der Waals surface area contributed by atoms with Crippen LogP contribution >= 0.6 is 15.9 Å². The van der Waals surface area contributed by atoms with Gasteiger partial charge in [0, 0.05) is 6.54 Å². The fraction of sp³-hybridized carbons (Fsp3) is 0.143. The van der Waals surface area contributed by atoms with Crippen LogP contribution in [-0.4, -0.2) is 0 Å². The van der Waals surface area contributed by atoms with Crippen molar-refractivity contribution in [3.05, 3.63) is 33.8 Å². The van der Waals surface area contributed by atoms with Crippen LogP contribution in [0.5, 0.6) is 0 Å². The summed E-state index contributed by atoms with van der Waals surface area (Å²) in [5, 5.41) is 0. The number of rotatable bonds is 1. The quantitative estimate of drug-likeness (QED) is 0.724. The number of halogens is 3. The predicted octanol–water partition coefficient (Wildman–Crippen LogP) is 2.19. The standard InChI is InChI=1S/C7H6BrF2N/c8-7-5(9)1-4(3-11)2-6(7)10/h1-2H,3,11H2. The summed E-state index contributed by atoms with van der Waals surface area (Å²) in [4.78, 5) is 0. The van der Waals surface area contributed by atoms with Crippen LogP contribution in [-0.2, 0) is 6.54 Å². The van der Waals surface area contributed by atoms with Gasteiger partial charge in [-0.05, 0) is 33.6 Å². The van der Waals surface area contributed by atoms with E-state index >= 15 is 0 Å². The molecule has 0 saturated heterocycles. The second kappa shape index (κ2) is 3.28. The zero-order valence-corrected chi connectivity index (χ0v) is 7.16. The van der Waals surface area contributed by atoms with Gasteiger partial charge in [0.25, 0.3) is 0 Å². The van der Waals surface area contributed by atoms with Crippen molar-refractivity contribution in [1.29, 1.82) is 0 Å². The van der Waals surface area contributed by atoms with Crippen LogP contribution in [0.3, 0.4) is 0 Å². The first-order chi connectivity index (χ1) is 5.15. The first kappa shape index (κ1) is 8.62. The Morgan fingerprint density at radius 2 is 1.73 bits per heavy atom. The third-order valence-electron chi connectivity index (χ3n) is 1.28. The fourth-order valence-corrected chi connectivity index (χ4v) is 0.955. The molecule has 0 spiro atoms. The largest absolute Gasteiger partial charge is 0.326 e. The summed E-state index contributed by atoms with van der Waals surface area (Å²) in [7, 11) is 0. The molecule has 1 aromatic carbocycles. The minimum Gasteiger partial charge on any atom is -0.326 e. The zero-order valence-electron chi connectivity index (χ0n) is 5.57. The molecule has 2 N–H and O–H groups in total. The van der Waals surface area contributed by atoms with Crippen LogP contribution in [0.1, 0.15) is 5.56 Å². The van der Waals surface area contributed by atoms with E-state index in [-0.39, 0.29) is 11.0 Å². The van der Waals surface area contributed by atoms with E-state index in [0.29, 0.717) is 5.56 Å². The summed E-state index contributed by atoms with van der Waals surface area (Å²) >= 11 is 2.75. The van der Waals surface area contributed by atoms with Gasteiger partial charge < -0.3 is 5.73 Å². The maximum Gasteiger partial charge on any atom is 0.140 e. The lowest BCUT2D eigenvalue weighted by Gasteiger charge is -1.99. The summed E-state index contributed by atoms with van der Waals surface area (Å²) in [6, 6.07) is 2.40. The van der Waals surface area contributed by atoms with E-state index in [9.17, 15) is 8.78 Å². The molecule has 0 fully saturated rings. The third kappa shape index (κ3) is 1.75. The number of hydrogen-bond donors (Lipinski definition) is 1. The molecule has 0 aromatic heterocycles. The maximum absolute atomic E-state index is 12.7. The van der Waals surface area contributed by atoms with Gasteiger partial charge in [-0.1, -0.05) is 0 Å². The fourth-order valence-electron chi connectivity index (χ4n) is 0.726. The lowest BCUT2D eigenvalue weighted by Crippen LogP contribution is -1.98. The van der Waals surface area contributed by atoms with Gasteiger partial charge in [-0.25, -0.2) is 8.78 Å². The van der Waals surface area contributed by atoms with Crippen LogP contribution in [0.15, 0.2) is 16.6 Å². The maximum atomic E-state index is 12.7. The molecule has 60 valence electrons. The van der Waals surface area contributed by atoms with E-state index in [4.69, 9.17) is 5.73 Å². The predicted molar refractivity (Wildman–Crippen MR) is 41.9 cm³/mol. The Hall–Kier alpha value is -0.480. The van der Waals surface area contributed by atoms with Gasteiger partial charge in [0.1, 0.15) is 11.6 Å². The molecule has 4 heteroatoms. The Balaban J connectivity index is 3.21.